The second-order valence-electron chi connectivity index (χ2n) is 4.92. The van der Waals surface area contributed by atoms with E-state index in [4.69, 9.17) is 17.3 Å². The number of nitrogens with zero attached hydrogens (tertiary/aromatic N) is 1. The van der Waals surface area contributed by atoms with Gasteiger partial charge in [0.15, 0.2) is 0 Å². The van der Waals surface area contributed by atoms with Gasteiger partial charge in [-0.15, -0.1) is 11.3 Å². The monoisotopic (exact) mass is 345 g/mol. The topological polar surface area (TPSA) is 88.8 Å². The summed E-state index contributed by atoms with van der Waals surface area (Å²) in [7, 11) is 0. The lowest BCUT2D eigenvalue weighted by Crippen LogP contribution is -2.23. The summed E-state index contributed by atoms with van der Waals surface area (Å²) < 4.78 is 0. The first kappa shape index (κ1) is 15.5. The number of benzene rings is 1. The number of amides is 1. The molecule has 1 aromatic carbocycles. The van der Waals surface area contributed by atoms with Gasteiger partial charge < -0.3 is 10.7 Å². The highest BCUT2D eigenvalue weighted by molar-refractivity contribution is 7.18. The molecular weight excluding hydrogens is 334 g/mol. The Hall–Kier alpha value is -2.44. The van der Waals surface area contributed by atoms with Crippen LogP contribution in [0.3, 0.4) is 0 Å². The molecule has 7 heteroatoms. The standard InChI is InChI=1S/C16H12ClN3O2S/c1-8-13(12-7-6-11(14(18)21)15(22)20-12)23-16(19-8)9-2-4-10(17)5-3-9/h2-7H,1H3,(H2,18,21)(H,20,22). The van der Waals surface area contributed by atoms with Crippen LogP contribution in [0, 0.1) is 6.92 Å². The third-order valence-corrected chi connectivity index (χ3v) is 4.80. The summed E-state index contributed by atoms with van der Waals surface area (Å²) in [5.74, 6) is -0.749. The molecule has 5 nitrogen and oxygen atoms in total. The normalized spacial score (nSPS) is 10.7. The van der Waals surface area contributed by atoms with Gasteiger partial charge in [0.1, 0.15) is 10.6 Å². The molecular formula is C16H12ClN3O2S. The van der Waals surface area contributed by atoms with Crippen molar-refractivity contribution in [2.45, 2.75) is 6.92 Å². The maximum atomic E-state index is 11.9. The van der Waals surface area contributed by atoms with Crippen molar-refractivity contribution in [2.75, 3.05) is 0 Å². The Bertz CT molecular complexity index is 945. The summed E-state index contributed by atoms with van der Waals surface area (Å²) >= 11 is 7.35. The number of halogens is 1. The molecule has 1 amide bonds. The lowest BCUT2D eigenvalue weighted by Gasteiger charge is -2.00. The Labute approximate surface area is 140 Å². The van der Waals surface area contributed by atoms with E-state index in [0.29, 0.717) is 10.7 Å². The lowest BCUT2D eigenvalue weighted by molar-refractivity contribution is 0.0999. The van der Waals surface area contributed by atoms with Gasteiger partial charge in [-0.3, -0.25) is 9.59 Å². The molecule has 0 fully saturated rings. The number of carbonyl (C=O) groups excluding carboxylic acids is 1. The summed E-state index contributed by atoms with van der Waals surface area (Å²) in [4.78, 5) is 31.1. The Morgan fingerprint density at radius 3 is 2.52 bits per heavy atom. The number of H-pyrrole nitrogens is 1. The van der Waals surface area contributed by atoms with Crippen molar-refractivity contribution in [1.29, 1.82) is 0 Å². The number of primary amides is 1. The van der Waals surface area contributed by atoms with E-state index in [1.807, 2.05) is 19.1 Å². The number of hydrogen-bond donors (Lipinski definition) is 2. The maximum absolute atomic E-state index is 11.9. The minimum absolute atomic E-state index is 0.0613. The van der Waals surface area contributed by atoms with Crippen LogP contribution in [0.5, 0.6) is 0 Å². The number of rotatable bonds is 3. The van der Waals surface area contributed by atoms with Crippen LogP contribution in [0.4, 0.5) is 0 Å². The zero-order valence-corrected chi connectivity index (χ0v) is 13.7. The van der Waals surface area contributed by atoms with E-state index >= 15 is 0 Å². The van der Waals surface area contributed by atoms with E-state index in [-0.39, 0.29) is 5.56 Å². The minimum atomic E-state index is -0.749. The number of nitrogens with one attached hydrogen (secondary N) is 1. The largest absolute Gasteiger partial charge is 0.365 e. The summed E-state index contributed by atoms with van der Waals surface area (Å²) in [6.45, 7) is 1.87. The van der Waals surface area contributed by atoms with Gasteiger partial charge in [0.25, 0.3) is 11.5 Å². The molecule has 2 heterocycles. The summed E-state index contributed by atoms with van der Waals surface area (Å²) in [5.41, 5.74) is 6.93. The van der Waals surface area contributed by atoms with E-state index in [1.165, 1.54) is 17.4 Å². The Kier molecular flexibility index (Phi) is 4.02. The van der Waals surface area contributed by atoms with Crippen molar-refractivity contribution in [2.24, 2.45) is 5.73 Å². The van der Waals surface area contributed by atoms with E-state index in [0.717, 1.165) is 21.1 Å². The molecule has 0 bridgehead atoms. The first-order chi connectivity index (χ1) is 11.0. The number of pyridine rings is 1. The number of carbonyl (C=O) groups is 1. The van der Waals surface area contributed by atoms with Gasteiger partial charge in [0.05, 0.1) is 16.3 Å². The van der Waals surface area contributed by atoms with Crippen molar-refractivity contribution in [3.8, 4) is 21.1 Å². The zero-order valence-electron chi connectivity index (χ0n) is 12.1. The quantitative estimate of drug-likeness (QED) is 0.763. The van der Waals surface area contributed by atoms with E-state index in [2.05, 4.69) is 9.97 Å². The van der Waals surface area contributed by atoms with Gasteiger partial charge in [-0.25, -0.2) is 4.98 Å². The van der Waals surface area contributed by atoms with Gasteiger partial charge in [-0.2, -0.15) is 0 Å². The number of nitrogens with two attached hydrogens (primary N) is 1. The molecule has 0 aliphatic rings. The smallest absolute Gasteiger partial charge is 0.261 e. The molecule has 3 rings (SSSR count). The molecule has 0 aliphatic heterocycles. The number of hydrogen-bond acceptors (Lipinski definition) is 4. The molecule has 0 radical (unpaired) electrons. The van der Waals surface area contributed by atoms with Gasteiger partial charge in [0, 0.05) is 10.6 Å². The zero-order chi connectivity index (χ0) is 16.6. The molecule has 0 atom stereocenters. The summed E-state index contributed by atoms with van der Waals surface area (Å²) in [5, 5.41) is 1.49. The van der Waals surface area contributed by atoms with Crippen molar-refractivity contribution >= 4 is 28.8 Å². The predicted molar refractivity (Wildman–Crippen MR) is 91.9 cm³/mol. The SMILES string of the molecule is Cc1nc(-c2ccc(Cl)cc2)sc1-c1ccc(C(N)=O)c(=O)[nH]1. The second kappa shape index (κ2) is 5.98. The molecule has 0 spiro atoms. The Morgan fingerprint density at radius 1 is 1.22 bits per heavy atom. The maximum Gasteiger partial charge on any atom is 0.261 e. The third-order valence-electron chi connectivity index (χ3n) is 3.31. The average Bonchev–Trinajstić information content (AvgIpc) is 2.89. The van der Waals surface area contributed by atoms with Crippen LogP contribution in [-0.2, 0) is 0 Å². The highest BCUT2D eigenvalue weighted by Crippen LogP contribution is 2.34. The molecule has 23 heavy (non-hydrogen) atoms. The second-order valence-corrected chi connectivity index (χ2v) is 6.36. The summed E-state index contributed by atoms with van der Waals surface area (Å²) in [6.07, 6.45) is 0. The molecule has 116 valence electrons. The molecule has 2 aromatic heterocycles. The lowest BCUT2D eigenvalue weighted by atomic mass is 10.2. The molecule has 0 saturated carbocycles. The van der Waals surface area contributed by atoms with Crippen LogP contribution < -0.4 is 11.3 Å². The van der Waals surface area contributed by atoms with Crippen molar-refractivity contribution in [3.63, 3.8) is 0 Å². The number of aryl methyl sites for hydroxylation is 1. The van der Waals surface area contributed by atoms with Crippen LogP contribution in [0.1, 0.15) is 16.1 Å². The van der Waals surface area contributed by atoms with Crippen molar-refractivity contribution < 1.29 is 4.79 Å². The fraction of sp³-hybridized carbons (Fsp3) is 0.0625. The van der Waals surface area contributed by atoms with Crippen LogP contribution >= 0.6 is 22.9 Å². The van der Waals surface area contributed by atoms with Gasteiger partial charge in [0.2, 0.25) is 0 Å². The Morgan fingerprint density at radius 2 is 1.91 bits per heavy atom. The van der Waals surface area contributed by atoms with E-state index in [9.17, 15) is 9.59 Å². The Balaban J connectivity index is 2.04. The number of thiazole rings is 1. The number of aromatic amines is 1. The highest BCUT2D eigenvalue weighted by Gasteiger charge is 2.14. The van der Waals surface area contributed by atoms with E-state index < -0.39 is 11.5 Å². The van der Waals surface area contributed by atoms with Gasteiger partial charge in [-0.1, -0.05) is 23.7 Å². The van der Waals surface area contributed by atoms with Crippen molar-refractivity contribution in [3.05, 3.63) is 63.0 Å². The minimum Gasteiger partial charge on any atom is -0.365 e. The molecule has 0 saturated heterocycles. The molecule has 3 N–H and O–H groups in total. The van der Waals surface area contributed by atoms with Crippen LogP contribution in [0.15, 0.2) is 41.2 Å². The van der Waals surface area contributed by atoms with Gasteiger partial charge >= 0.3 is 0 Å². The van der Waals surface area contributed by atoms with Crippen LogP contribution in [0.2, 0.25) is 5.02 Å². The molecule has 0 aliphatic carbocycles. The fourth-order valence-corrected chi connectivity index (χ4v) is 3.34. The highest BCUT2D eigenvalue weighted by atomic mass is 35.5. The fourth-order valence-electron chi connectivity index (χ4n) is 2.16. The predicted octanol–water partition coefficient (Wildman–Crippen LogP) is 3.23. The van der Waals surface area contributed by atoms with Crippen LogP contribution in [-0.4, -0.2) is 15.9 Å². The first-order valence-corrected chi connectivity index (χ1v) is 7.92. The van der Waals surface area contributed by atoms with Crippen molar-refractivity contribution in [1.82, 2.24) is 9.97 Å². The van der Waals surface area contributed by atoms with E-state index in [1.54, 1.807) is 18.2 Å². The van der Waals surface area contributed by atoms with Gasteiger partial charge in [-0.05, 0) is 31.2 Å². The summed E-state index contributed by atoms with van der Waals surface area (Å²) in [6, 6.07) is 10.5. The van der Waals surface area contributed by atoms with Crippen LogP contribution in [0.25, 0.3) is 21.1 Å². The first-order valence-electron chi connectivity index (χ1n) is 6.72. The number of aromatic nitrogens is 2. The molecule has 0 unspecified atom stereocenters. The molecule has 3 aromatic rings. The third kappa shape index (κ3) is 3.04. The average molecular weight is 346 g/mol.